The summed E-state index contributed by atoms with van der Waals surface area (Å²) in [5, 5.41) is 19.2. The summed E-state index contributed by atoms with van der Waals surface area (Å²) in [6, 6.07) is 1.27. The summed E-state index contributed by atoms with van der Waals surface area (Å²) < 4.78 is 6.25. The fourth-order valence-electron chi connectivity index (χ4n) is 1.51. The van der Waals surface area contributed by atoms with Crippen molar-refractivity contribution >= 4 is 44.3 Å². The number of hydrogen-bond donors (Lipinski definition) is 3. The standard InChI is InChI=1S/C12H17Br2NO3.ClH/c1-12(2,5-16)11(15)6-4-7(18-3)10(17)9(14)8(6)13;/h4,11,16-17H,5,15H2,1-3H3;1H/t11-;/m0./s1. The van der Waals surface area contributed by atoms with E-state index in [0.29, 0.717) is 14.7 Å². The minimum Gasteiger partial charge on any atom is -0.503 e. The number of nitrogens with two attached hydrogens (primary N) is 1. The number of ether oxygens (including phenoxy) is 1. The van der Waals surface area contributed by atoms with Crippen molar-refractivity contribution in [2.24, 2.45) is 11.1 Å². The van der Waals surface area contributed by atoms with Gasteiger partial charge < -0.3 is 20.7 Å². The first-order valence-electron chi connectivity index (χ1n) is 5.37. The molecule has 0 radical (unpaired) electrons. The Morgan fingerprint density at radius 3 is 2.32 bits per heavy atom. The predicted octanol–water partition coefficient (Wildman–Crippen LogP) is 3.37. The highest BCUT2D eigenvalue weighted by molar-refractivity contribution is 9.13. The van der Waals surface area contributed by atoms with E-state index in [1.54, 1.807) is 6.07 Å². The molecule has 0 saturated heterocycles. The lowest BCUT2D eigenvalue weighted by Crippen LogP contribution is -2.32. The molecule has 4 nitrogen and oxygen atoms in total. The minimum absolute atomic E-state index is 0. The van der Waals surface area contributed by atoms with Crippen LogP contribution in [-0.4, -0.2) is 23.9 Å². The van der Waals surface area contributed by atoms with E-state index in [4.69, 9.17) is 10.5 Å². The number of halogens is 3. The quantitative estimate of drug-likeness (QED) is 0.700. The van der Waals surface area contributed by atoms with Crippen LogP contribution in [0.1, 0.15) is 25.5 Å². The molecule has 0 bridgehead atoms. The molecule has 7 heteroatoms. The molecule has 0 aliphatic carbocycles. The molecular weight excluding hydrogens is 401 g/mol. The van der Waals surface area contributed by atoms with E-state index in [9.17, 15) is 10.2 Å². The molecule has 0 spiro atoms. The largest absolute Gasteiger partial charge is 0.503 e. The van der Waals surface area contributed by atoms with E-state index in [2.05, 4.69) is 31.9 Å². The first-order valence-corrected chi connectivity index (χ1v) is 6.96. The summed E-state index contributed by atoms with van der Waals surface area (Å²) in [6.45, 7) is 3.70. The Morgan fingerprint density at radius 2 is 1.89 bits per heavy atom. The van der Waals surface area contributed by atoms with E-state index in [1.165, 1.54) is 7.11 Å². The van der Waals surface area contributed by atoms with Crippen molar-refractivity contribution in [3.8, 4) is 11.5 Å². The normalized spacial score (nSPS) is 12.8. The van der Waals surface area contributed by atoms with Gasteiger partial charge in [-0.2, -0.15) is 0 Å². The predicted molar refractivity (Wildman–Crippen MR) is 85.1 cm³/mol. The van der Waals surface area contributed by atoms with Crippen LogP contribution in [0.4, 0.5) is 0 Å². The van der Waals surface area contributed by atoms with Crippen molar-refractivity contribution in [1.29, 1.82) is 0 Å². The molecule has 1 aromatic carbocycles. The number of methoxy groups -OCH3 is 1. The summed E-state index contributed by atoms with van der Waals surface area (Å²) in [7, 11) is 1.47. The summed E-state index contributed by atoms with van der Waals surface area (Å²) in [6.07, 6.45) is 0. The van der Waals surface area contributed by atoms with Gasteiger partial charge in [-0.15, -0.1) is 12.4 Å². The number of phenolic OH excluding ortho intramolecular Hbond substituents is 1. The van der Waals surface area contributed by atoms with Crippen LogP contribution in [0, 0.1) is 5.41 Å². The molecule has 19 heavy (non-hydrogen) atoms. The van der Waals surface area contributed by atoms with Crippen LogP contribution in [0.25, 0.3) is 0 Å². The van der Waals surface area contributed by atoms with Crippen molar-refractivity contribution < 1.29 is 14.9 Å². The summed E-state index contributed by atoms with van der Waals surface area (Å²) in [4.78, 5) is 0. The molecule has 0 aliphatic rings. The van der Waals surface area contributed by atoms with E-state index >= 15 is 0 Å². The van der Waals surface area contributed by atoms with Crippen molar-refractivity contribution in [3.63, 3.8) is 0 Å². The van der Waals surface area contributed by atoms with E-state index in [0.717, 1.165) is 5.56 Å². The molecule has 0 unspecified atom stereocenters. The topological polar surface area (TPSA) is 75.7 Å². The van der Waals surface area contributed by atoms with Crippen LogP contribution in [0.2, 0.25) is 0 Å². The number of rotatable bonds is 4. The number of aromatic hydroxyl groups is 1. The second-order valence-electron chi connectivity index (χ2n) is 4.77. The van der Waals surface area contributed by atoms with Gasteiger partial charge in [-0.1, -0.05) is 13.8 Å². The second-order valence-corrected chi connectivity index (χ2v) is 6.35. The number of aliphatic hydroxyl groups excluding tert-OH is 1. The van der Waals surface area contributed by atoms with E-state index in [-0.39, 0.29) is 24.8 Å². The van der Waals surface area contributed by atoms with Gasteiger partial charge in [0.05, 0.1) is 11.6 Å². The zero-order valence-electron chi connectivity index (χ0n) is 10.9. The van der Waals surface area contributed by atoms with Gasteiger partial charge in [-0.3, -0.25) is 0 Å². The molecule has 1 aromatic rings. The Hall–Kier alpha value is -0.0100. The monoisotopic (exact) mass is 417 g/mol. The summed E-state index contributed by atoms with van der Waals surface area (Å²) in [5.41, 5.74) is 6.46. The van der Waals surface area contributed by atoms with Gasteiger partial charge in [0.2, 0.25) is 0 Å². The van der Waals surface area contributed by atoms with Crippen molar-refractivity contribution in [2.75, 3.05) is 13.7 Å². The van der Waals surface area contributed by atoms with Gasteiger partial charge >= 0.3 is 0 Å². The average Bonchev–Trinajstić information content (AvgIpc) is 2.35. The summed E-state index contributed by atoms with van der Waals surface area (Å²) >= 11 is 6.68. The van der Waals surface area contributed by atoms with Crippen molar-refractivity contribution in [3.05, 3.63) is 20.6 Å². The van der Waals surface area contributed by atoms with Crippen LogP contribution < -0.4 is 10.5 Å². The Labute approximate surface area is 136 Å². The van der Waals surface area contributed by atoms with Gasteiger partial charge in [-0.25, -0.2) is 0 Å². The molecule has 0 amide bonds. The number of hydrogen-bond acceptors (Lipinski definition) is 4. The SMILES string of the molecule is COc1cc([C@H](N)C(C)(C)CO)c(Br)c(Br)c1O.Cl. The van der Waals surface area contributed by atoms with Gasteiger partial charge in [0.15, 0.2) is 11.5 Å². The van der Waals surface area contributed by atoms with E-state index < -0.39 is 11.5 Å². The third-order valence-corrected chi connectivity index (χ3v) is 5.14. The Bertz CT molecular complexity index is 455. The zero-order valence-corrected chi connectivity index (χ0v) is 14.9. The number of benzene rings is 1. The van der Waals surface area contributed by atoms with Crippen LogP contribution in [0.5, 0.6) is 11.5 Å². The fourth-order valence-corrected chi connectivity index (χ4v) is 2.49. The molecule has 110 valence electrons. The number of phenols is 1. The highest BCUT2D eigenvalue weighted by Crippen LogP contribution is 2.45. The first-order chi connectivity index (χ1) is 8.26. The molecule has 0 aliphatic heterocycles. The van der Waals surface area contributed by atoms with Gasteiger partial charge in [0.1, 0.15) is 0 Å². The molecule has 0 saturated carbocycles. The lowest BCUT2D eigenvalue weighted by Gasteiger charge is -2.31. The number of aliphatic hydroxyl groups is 1. The second kappa shape index (κ2) is 7.13. The van der Waals surface area contributed by atoms with Gasteiger partial charge in [0.25, 0.3) is 0 Å². The highest BCUT2D eigenvalue weighted by atomic mass is 79.9. The van der Waals surface area contributed by atoms with Crippen LogP contribution in [0.15, 0.2) is 15.0 Å². The third-order valence-electron chi connectivity index (χ3n) is 2.98. The Balaban J connectivity index is 0.00000324. The van der Waals surface area contributed by atoms with Crippen molar-refractivity contribution in [1.82, 2.24) is 0 Å². The Kier molecular flexibility index (Phi) is 7.12. The van der Waals surface area contributed by atoms with Crippen LogP contribution >= 0.6 is 44.3 Å². The van der Waals surface area contributed by atoms with Gasteiger partial charge in [0, 0.05) is 22.5 Å². The van der Waals surface area contributed by atoms with E-state index in [1.807, 2.05) is 13.8 Å². The molecule has 0 aromatic heterocycles. The highest BCUT2D eigenvalue weighted by Gasteiger charge is 2.30. The molecule has 0 fully saturated rings. The third kappa shape index (κ3) is 3.76. The molecule has 0 heterocycles. The lowest BCUT2D eigenvalue weighted by molar-refractivity contribution is 0.132. The maximum Gasteiger partial charge on any atom is 0.173 e. The minimum atomic E-state index is -0.482. The maximum absolute atomic E-state index is 9.85. The zero-order chi connectivity index (χ0) is 14.1. The lowest BCUT2D eigenvalue weighted by atomic mass is 9.82. The van der Waals surface area contributed by atoms with Gasteiger partial charge in [-0.05, 0) is 43.5 Å². The van der Waals surface area contributed by atoms with Crippen molar-refractivity contribution in [2.45, 2.75) is 19.9 Å². The fraction of sp³-hybridized carbons (Fsp3) is 0.500. The summed E-state index contributed by atoms with van der Waals surface area (Å²) in [5.74, 6) is 0.353. The van der Waals surface area contributed by atoms with Crippen LogP contribution in [0.3, 0.4) is 0 Å². The molecule has 1 rings (SSSR count). The molecule has 1 atom stereocenters. The first kappa shape index (κ1) is 19.0. The smallest absolute Gasteiger partial charge is 0.173 e. The molecular formula is C12H18Br2ClNO3. The van der Waals surface area contributed by atoms with Crippen LogP contribution in [-0.2, 0) is 0 Å². The molecule has 4 N–H and O–H groups in total. The average molecular weight is 420 g/mol. The Morgan fingerprint density at radius 1 is 1.37 bits per heavy atom. The maximum atomic E-state index is 9.85.